The van der Waals surface area contributed by atoms with Crippen LogP contribution in [0.2, 0.25) is 0 Å². The van der Waals surface area contributed by atoms with Crippen molar-refractivity contribution in [2.45, 2.75) is 89.8 Å². The molecule has 2 aromatic carbocycles. The normalized spacial score (nSPS) is 25.1. The zero-order valence-electron chi connectivity index (χ0n) is 21.1. The smallest absolute Gasteiger partial charge is 0.420 e. The average molecular weight is 506 g/mol. The van der Waals surface area contributed by atoms with Crippen LogP contribution in [0.5, 0.6) is 5.75 Å². The topological polar surface area (TPSA) is 58.6 Å². The minimum absolute atomic E-state index is 0.0687. The van der Waals surface area contributed by atoms with Crippen molar-refractivity contribution in [1.82, 2.24) is 5.32 Å². The van der Waals surface area contributed by atoms with E-state index in [2.05, 4.69) is 12.2 Å². The van der Waals surface area contributed by atoms with Gasteiger partial charge >= 0.3 is 12.1 Å². The van der Waals surface area contributed by atoms with E-state index in [9.17, 15) is 23.1 Å². The van der Waals surface area contributed by atoms with Crippen LogP contribution in [0.15, 0.2) is 30.3 Å². The molecular weight excluding hydrogens is 467 g/mol. The Balaban J connectivity index is 1.53. The molecule has 2 fully saturated rings. The third-order valence-electron chi connectivity index (χ3n) is 8.26. The number of carboxylic acids is 1. The van der Waals surface area contributed by atoms with E-state index in [-0.39, 0.29) is 29.1 Å². The van der Waals surface area contributed by atoms with E-state index in [1.54, 1.807) is 18.2 Å². The highest BCUT2D eigenvalue weighted by Crippen LogP contribution is 2.43. The Morgan fingerprint density at radius 2 is 1.92 bits per heavy atom. The Morgan fingerprint density at radius 1 is 1.17 bits per heavy atom. The van der Waals surface area contributed by atoms with Crippen LogP contribution in [0.25, 0.3) is 10.8 Å². The molecule has 4 rings (SSSR count). The maximum absolute atomic E-state index is 14.3. The fourth-order valence-electron chi connectivity index (χ4n) is 6.20. The van der Waals surface area contributed by atoms with E-state index in [0.29, 0.717) is 24.3 Å². The number of carboxylic acid groups (broad SMARTS) is 1. The molecule has 1 heterocycles. The van der Waals surface area contributed by atoms with Gasteiger partial charge in [-0.2, -0.15) is 13.2 Å². The molecule has 4 nitrogen and oxygen atoms in total. The summed E-state index contributed by atoms with van der Waals surface area (Å²) < 4.78 is 48.9. The highest BCUT2D eigenvalue weighted by Gasteiger charge is 2.38. The monoisotopic (exact) mass is 505 g/mol. The van der Waals surface area contributed by atoms with E-state index < -0.39 is 17.7 Å². The molecule has 1 saturated heterocycles. The van der Waals surface area contributed by atoms with Crippen molar-refractivity contribution in [3.8, 4) is 5.75 Å². The quantitative estimate of drug-likeness (QED) is 0.373. The number of ether oxygens (including phenoxy) is 1. The van der Waals surface area contributed by atoms with Gasteiger partial charge in [0, 0.05) is 6.54 Å². The van der Waals surface area contributed by atoms with Gasteiger partial charge in [-0.05, 0) is 98.1 Å². The van der Waals surface area contributed by atoms with Gasteiger partial charge in [0.15, 0.2) is 0 Å². The molecule has 2 aliphatic rings. The minimum Gasteiger partial charge on any atom is -0.490 e. The molecule has 0 aromatic heterocycles. The lowest BCUT2D eigenvalue weighted by Gasteiger charge is -2.36. The van der Waals surface area contributed by atoms with Crippen molar-refractivity contribution in [2.24, 2.45) is 11.3 Å². The molecular formula is C29H38F3NO3. The Bertz CT molecular complexity index is 1040. The Kier molecular flexibility index (Phi) is 8.48. The molecule has 0 unspecified atom stereocenters. The van der Waals surface area contributed by atoms with Gasteiger partial charge in [-0.15, -0.1) is 0 Å². The highest BCUT2D eigenvalue weighted by atomic mass is 19.4. The number of halogens is 3. The van der Waals surface area contributed by atoms with Crippen molar-refractivity contribution in [2.75, 3.05) is 13.1 Å². The van der Waals surface area contributed by atoms with E-state index in [4.69, 9.17) is 4.74 Å². The van der Waals surface area contributed by atoms with Crippen molar-refractivity contribution >= 4 is 16.7 Å². The summed E-state index contributed by atoms with van der Waals surface area (Å²) >= 11 is 0. The number of benzene rings is 2. The average Bonchev–Trinajstić information content (AvgIpc) is 2.83. The zero-order chi connectivity index (χ0) is 25.8. The van der Waals surface area contributed by atoms with E-state index in [1.807, 2.05) is 6.07 Å². The molecule has 1 atom stereocenters. The van der Waals surface area contributed by atoms with Crippen LogP contribution in [0, 0.1) is 11.3 Å². The molecule has 1 aliphatic carbocycles. The molecule has 0 spiro atoms. The molecule has 0 amide bonds. The number of carbonyl (C=O) groups is 1. The first-order valence-electron chi connectivity index (χ1n) is 13.4. The van der Waals surface area contributed by atoms with Gasteiger partial charge in [0.05, 0.1) is 12.5 Å². The van der Waals surface area contributed by atoms with Crippen molar-refractivity contribution in [1.29, 1.82) is 0 Å². The third-order valence-corrected chi connectivity index (χ3v) is 8.26. The van der Waals surface area contributed by atoms with Crippen LogP contribution < -0.4 is 10.1 Å². The molecule has 2 aromatic rings. The summed E-state index contributed by atoms with van der Waals surface area (Å²) in [4.78, 5) is 11.4. The van der Waals surface area contributed by atoms with Crippen LogP contribution >= 0.6 is 0 Å². The number of fused-ring (bicyclic) bond motifs is 1. The molecule has 0 radical (unpaired) electrons. The number of hydrogen-bond donors (Lipinski definition) is 2. The van der Waals surface area contributed by atoms with Gasteiger partial charge in [0.2, 0.25) is 0 Å². The van der Waals surface area contributed by atoms with Gasteiger partial charge < -0.3 is 15.2 Å². The summed E-state index contributed by atoms with van der Waals surface area (Å²) in [6.45, 7) is 3.74. The Labute approximate surface area is 211 Å². The number of rotatable bonds is 9. The molecule has 1 aliphatic heterocycles. The van der Waals surface area contributed by atoms with Crippen molar-refractivity contribution in [3.05, 3.63) is 41.5 Å². The number of piperidine rings is 1. The van der Waals surface area contributed by atoms with Gasteiger partial charge in [-0.1, -0.05) is 37.6 Å². The van der Waals surface area contributed by atoms with E-state index >= 15 is 0 Å². The van der Waals surface area contributed by atoms with Crippen LogP contribution in [0.3, 0.4) is 0 Å². The summed E-state index contributed by atoms with van der Waals surface area (Å²) in [6, 6.07) is 8.49. The minimum atomic E-state index is -4.52. The highest BCUT2D eigenvalue weighted by molar-refractivity contribution is 5.89. The summed E-state index contributed by atoms with van der Waals surface area (Å²) in [5.74, 6) is -0.221. The predicted molar refractivity (Wildman–Crippen MR) is 135 cm³/mol. The third kappa shape index (κ3) is 6.53. The lowest BCUT2D eigenvalue weighted by Crippen LogP contribution is -2.41. The first kappa shape index (κ1) is 26.8. The van der Waals surface area contributed by atoms with Gasteiger partial charge in [0.1, 0.15) is 11.3 Å². The molecule has 198 valence electrons. The van der Waals surface area contributed by atoms with Crippen LogP contribution in [0.4, 0.5) is 13.2 Å². The zero-order valence-corrected chi connectivity index (χ0v) is 21.1. The van der Waals surface area contributed by atoms with Gasteiger partial charge in [-0.3, -0.25) is 4.79 Å². The summed E-state index contributed by atoms with van der Waals surface area (Å²) in [7, 11) is 0. The molecule has 1 saturated carbocycles. The fraction of sp³-hybridized carbons (Fsp3) is 0.621. The standard InChI is InChI=1S/C29H38F3NO3/c1-2-20-7-11-23(12-8-20)36-25-13-10-22-9-6-21(17-24(22)27(25)29(30,31)32)5-3-14-28(18-26(34)35)15-4-16-33-19-28/h6,9-10,13,17,20,23,33H,2-5,7-8,11-12,14-16,18-19H2,1H3,(H,34,35)/t20?,23?,28-/m1/s1. The first-order valence-corrected chi connectivity index (χ1v) is 13.4. The second-order valence-corrected chi connectivity index (χ2v) is 10.9. The van der Waals surface area contributed by atoms with E-state index in [1.165, 1.54) is 6.07 Å². The Hall–Kier alpha value is -2.28. The van der Waals surface area contributed by atoms with Crippen LogP contribution in [0.1, 0.15) is 82.3 Å². The van der Waals surface area contributed by atoms with Crippen molar-refractivity contribution in [3.63, 3.8) is 0 Å². The summed E-state index contributed by atoms with van der Waals surface area (Å²) in [6.07, 6.45) is 4.00. The number of alkyl halides is 3. The number of aliphatic carboxylic acids is 1. The molecule has 2 N–H and O–H groups in total. The second-order valence-electron chi connectivity index (χ2n) is 10.9. The number of aryl methyl sites for hydroxylation is 1. The SMILES string of the molecule is CCC1CCC(Oc2ccc3ccc(CCC[C@]4(CC(=O)O)CCCNC4)cc3c2C(F)(F)F)CC1. The lowest BCUT2D eigenvalue weighted by atomic mass is 9.74. The maximum Gasteiger partial charge on any atom is 0.420 e. The second kappa shape index (κ2) is 11.4. The maximum atomic E-state index is 14.3. The van der Waals surface area contributed by atoms with Gasteiger partial charge in [-0.25, -0.2) is 0 Å². The lowest BCUT2D eigenvalue weighted by molar-refractivity contribution is -0.140. The summed E-state index contributed by atoms with van der Waals surface area (Å²) in [5.41, 5.74) is -0.128. The molecule has 36 heavy (non-hydrogen) atoms. The first-order chi connectivity index (χ1) is 17.2. The predicted octanol–water partition coefficient (Wildman–Crippen LogP) is 7.37. The molecule has 7 heteroatoms. The number of hydrogen-bond acceptors (Lipinski definition) is 3. The van der Waals surface area contributed by atoms with Crippen molar-refractivity contribution < 1.29 is 27.8 Å². The largest absolute Gasteiger partial charge is 0.490 e. The van der Waals surface area contributed by atoms with Crippen LogP contribution in [-0.4, -0.2) is 30.3 Å². The number of nitrogens with one attached hydrogen (secondary N) is 1. The summed E-state index contributed by atoms with van der Waals surface area (Å²) in [5, 5.41) is 13.4. The fourth-order valence-corrected chi connectivity index (χ4v) is 6.20. The van der Waals surface area contributed by atoms with Crippen LogP contribution in [-0.2, 0) is 17.4 Å². The van der Waals surface area contributed by atoms with E-state index in [0.717, 1.165) is 69.9 Å². The van der Waals surface area contributed by atoms with Gasteiger partial charge in [0.25, 0.3) is 0 Å². The molecule has 0 bridgehead atoms. The Morgan fingerprint density at radius 3 is 2.56 bits per heavy atom.